The van der Waals surface area contributed by atoms with Gasteiger partial charge in [-0.1, -0.05) is 0 Å². The predicted molar refractivity (Wildman–Crippen MR) is 111 cm³/mol. The predicted octanol–water partition coefficient (Wildman–Crippen LogP) is 1.62. The van der Waals surface area contributed by atoms with Crippen molar-refractivity contribution in [2.75, 3.05) is 37.6 Å². The molecule has 152 valence electrons. The lowest BCUT2D eigenvalue weighted by Gasteiger charge is -2.22. The maximum Gasteiger partial charge on any atom is 0.159 e. The quantitative estimate of drug-likeness (QED) is 0.657. The van der Waals surface area contributed by atoms with Gasteiger partial charge >= 0.3 is 0 Å². The zero-order chi connectivity index (χ0) is 20.0. The highest BCUT2D eigenvalue weighted by atomic mass is 15.3. The van der Waals surface area contributed by atoms with E-state index in [2.05, 4.69) is 60.5 Å². The Morgan fingerprint density at radius 2 is 1.76 bits per heavy atom. The van der Waals surface area contributed by atoms with Gasteiger partial charge in [0.05, 0.1) is 12.0 Å². The minimum Gasteiger partial charge on any atom is -0.356 e. The molecule has 2 atom stereocenters. The summed E-state index contributed by atoms with van der Waals surface area (Å²) in [6.45, 7) is 9.67. The summed E-state index contributed by atoms with van der Waals surface area (Å²) in [5.74, 6) is 3.29. The summed E-state index contributed by atoms with van der Waals surface area (Å²) in [6.07, 6.45) is 6.59. The molecule has 0 bridgehead atoms. The zero-order valence-electron chi connectivity index (χ0n) is 17.4. The lowest BCUT2D eigenvalue weighted by Crippen LogP contribution is -2.30. The molecule has 0 amide bonds. The van der Waals surface area contributed by atoms with Crippen LogP contribution >= 0.6 is 0 Å². The molecule has 2 aliphatic heterocycles. The molecule has 5 rings (SSSR count). The summed E-state index contributed by atoms with van der Waals surface area (Å²) < 4.78 is 4.02. The number of likely N-dealkylation sites (tertiary alicyclic amines) is 1. The molecule has 0 aromatic carbocycles. The number of hydrogen-bond donors (Lipinski definition) is 0. The van der Waals surface area contributed by atoms with Crippen LogP contribution in [0.2, 0.25) is 0 Å². The summed E-state index contributed by atoms with van der Waals surface area (Å²) in [6, 6.07) is 4.14. The fourth-order valence-corrected chi connectivity index (χ4v) is 4.84. The Labute approximate surface area is 171 Å². The Morgan fingerprint density at radius 3 is 2.41 bits per heavy atom. The van der Waals surface area contributed by atoms with Crippen molar-refractivity contribution in [2.24, 2.45) is 18.9 Å². The van der Waals surface area contributed by atoms with Crippen LogP contribution in [0.5, 0.6) is 0 Å². The molecule has 29 heavy (non-hydrogen) atoms. The van der Waals surface area contributed by atoms with E-state index >= 15 is 0 Å². The molecular weight excluding hydrogens is 364 g/mol. The van der Waals surface area contributed by atoms with Crippen LogP contribution in [0.4, 0.5) is 5.82 Å². The van der Waals surface area contributed by atoms with E-state index in [1.54, 1.807) is 6.33 Å². The first-order valence-electron chi connectivity index (χ1n) is 10.3. The first kappa shape index (κ1) is 18.3. The number of rotatable bonds is 5. The zero-order valence-corrected chi connectivity index (χ0v) is 17.4. The molecule has 0 N–H and O–H groups in total. The van der Waals surface area contributed by atoms with Crippen LogP contribution in [0.25, 0.3) is 5.82 Å². The van der Waals surface area contributed by atoms with E-state index in [9.17, 15) is 0 Å². The Morgan fingerprint density at radius 1 is 1.00 bits per heavy atom. The average molecular weight is 393 g/mol. The van der Waals surface area contributed by atoms with Crippen LogP contribution in [0.3, 0.4) is 0 Å². The normalized spacial score (nSPS) is 21.8. The molecule has 2 fully saturated rings. The van der Waals surface area contributed by atoms with E-state index in [-0.39, 0.29) is 0 Å². The first-order chi connectivity index (χ1) is 14.1. The third-order valence-electron chi connectivity index (χ3n) is 6.35. The minimum absolute atomic E-state index is 0.716. The van der Waals surface area contributed by atoms with Gasteiger partial charge < -0.3 is 14.4 Å². The second kappa shape index (κ2) is 7.26. The highest BCUT2D eigenvalue weighted by Crippen LogP contribution is 2.33. The molecule has 2 aliphatic rings. The molecular formula is C21H28N8. The first-order valence-corrected chi connectivity index (χ1v) is 10.3. The molecule has 2 saturated heterocycles. The van der Waals surface area contributed by atoms with Crippen LogP contribution in [-0.4, -0.2) is 66.9 Å². The van der Waals surface area contributed by atoms with Crippen molar-refractivity contribution in [3.8, 4) is 5.82 Å². The maximum absolute atomic E-state index is 4.56. The summed E-state index contributed by atoms with van der Waals surface area (Å²) in [5.41, 5.74) is 3.40. The number of fused-ring (bicyclic) bond motifs is 1. The second-order valence-corrected chi connectivity index (χ2v) is 8.50. The molecule has 2 unspecified atom stereocenters. The van der Waals surface area contributed by atoms with Crippen molar-refractivity contribution in [3.63, 3.8) is 0 Å². The van der Waals surface area contributed by atoms with Gasteiger partial charge in [-0.2, -0.15) is 5.10 Å². The van der Waals surface area contributed by atoms with Gasteiger partial charge in [0.1, 0.15) is 12.1 Å². The molecule has 3 aromatic heterocycles. The van der Waals surface area contributed by atoms with E-state index in [1.807, 2.05) is 24.1 Å². The lowest BCUT2D eigenvalue weighted by atomic mass is 10.0. The van der Waals surface area contributed by atoms with Gasteiger partial charge in [0.2, 0.25) is 0 Å². The van der Waals surface area contributed by atoms with Gasteiger partial charge in [-0.15, -0.1) is 0 Å². The van der Waals surface area contributed by atoms with Crippen LogP contribution in [-0.2, 0) is 13.5 Å². The van der Waals surface area contributed by atoms with Gasteiger partial charge in [-0.25, -0.2) is 19.6 Å². The topological polar surface area (TPSA) is 67.9 Å². The highest BCUT2D eigenvalue weighted by Gasteiger charge is 2.40. The summed E-state index contributed by atoms with van der Waals surface area (Å²) >= 11 is 0. The number of imidazole rings is 1. The summed E-state index contributed by atoms with van der Waals surface area (Å²) in [5, 5.41) is 4.56. The van der Waals surface area contributed by atoms with Crippen LogP contribution < -0.4 is 4.90 Å². The summed E-state index contributed by atoms with van der Waals surface area (Å²) in [4.78, 5) is 18.3. The standard InChI is InChI=1S/C21H28N8/c1-15-6-16(2)29(25-15)21-7-20(23-13-24-21)28-11-17-9-27(10-18(17)12-28)5-4-19-8-22-14-26(19)3/h6-8,13-14,17-18H,4-5,9-12H2,1-3H3. The van der Waals surface area contributed by atoms with Crippen molar-refractivity contribution in [2.45, 2.75) is 20.3 Å². The van der Waals surface area contributed by atoms with E-state index in [0.29, 0.717) is 11.8 Å². The van der Waals surface area contributed by atoms with Gasteiger partial charge in [0.25, 0.3) is 0 Å². The third kappa shape index (κ3) is 3.53. The molecule has 8 nitrogen and oxygen atoms in total. The van der Waals surface area contributed by atoms with Crippen LogP contribution in [0.15, 0.2) is 31.0 Å². The number of aromatic nitrogens is 6. The van der Waals surface area contributed by atoms with E-state index in [4.69, 9.17) is 0 Å². The molecule has 8 heteroatoms. The Balaban J connectivity index is 1.22. The smallest absolute Gasteiger partial charge is 0.159 e. The van der Waals surface area contributed by atoms with Crippen LogP contribution in [0, 0.1) is 25.7 Å². The third-order valence-corrected chi connectivity index (χ3v) is 6.35. The van der Waals surface area contributed by atoms with Crippen molar-refractivity contribution >= 4 is 5.82 Å². The largest absolute Gasteiger partial charge is 0.356 e. The van der Waals surface area contributed by atoms with Gasteiger partial charge in [0.15, 0.2) is 5.82 Å². The SMILES string of the molecule is Cc1cc(C)n(-c2cc(N3CC4CN(CCc5cncn5C)CC4C3)ncn2)n1. The number of anilines is 1. The fraction of sp³-hybridized carbons (Fsp3) is 0.524. The molecule has 3 aromatic rings. The van der Waals surface area contributed by atoms with Crippen molar-refractivity contribution in [3.05, 3.63) is 48.1 Å². The Bertz CT molecular complexity index is 992. The van der Waals surface area contributed by atoms with Crippen LogP contribution in [0.1, 0.15) is 17.1 Å². The second-order valence-electron chi connectivity index (χ2n) is 8.50. The molecule has 0 aliphatic carbocycles. The molecule has 0 spiro atoms. The fourth-order valence-electron chi connectivity index (χ4n) is 4.84. The molecule has 0 saturated carbocycles. The lowest BCUT2D eigenvalue weighted by molar-refractivity contribution is 0.318. The minimum atomic E-state index is 0.716. The maximum atomic E-state index is 4.56. The van der Waals surface area contributed by atoms with Gasteiger partial charge in [-0.05, 0) is 31.7 Å². The van der Waals surface area contributed by atoms with Gasteiger partial charge in [-0.3, -0.25) is 0 Å². The van der Waals surface area contributed by atoms with E-state index in [1.165, 1.54) is 18.8 Å². The van der Waals surface area contributed by atoms with Crippen molar-refractivity contribution < 1.29 is 0 Å². The highest BCUT2D eigenvalue weighted by molar-refractivity contribution is 5.45. The number of aryl methyl sites for hydroxylation is 3. The van der Waals surface area contributed by atoms with Gasteiger partial charge in [0, 0.05) is 69.8 Å². The monoisotopic (exact) mass is 392 g/mol. The Hall–Kier alpha value is -2.74. The average Bonchev–Trinajstić information content (AvgIpc) is 3.44. The van der Waals surface area contributed by atoms with E-state index in [0.717, 1.165) is 49.1 Å². The molecule has 0 radical (unpaired) electrons. The Kier molecular flexibility index (Phi) is 4.58. The number of nitrogens with zero attached hydrogens (tertiary/aromatic N) is 8. The van der Waals surface area contributed by atoms with Crippen molar-refractivity contribution in [1.29, 1.82) is 0 Å². The summed E-state index contributed by atoms with van der Waals surface area (Å²) in [7, 11) is 2.07. The van der Waals surface area contributed by atoms with E-state index < -0.39 is 0 Å². The molecule has 5 heterocycles. The van der Waals surface area contributed by atoms with Crippen molar-refractivity contribution in [1.82, 2.24) is 34.2 Å². The number of hydrogen-bond acceptors (Lipinski definition) is 6.